The topological polar surface area (TPSA) is 262 Å². The second-order valence-corrected chi connectivity index (χ2v) is 37.5. The maximum absolute atomic E-state index is 16.1. The molecular formula is C97H91Cl6F3N12O9. The number of rotatable bonds is 12. The quantitative estimate of drug-likeness (QED) is 0.0664. The van der Waals surface area contributed by atoms with E-state index in [4.69, 9.17) is 84.9 Å². The predicted octanol–water partition coefficient (Wildman–Crippen LogP) is 21.7. The zero-order valence-corrected chi connectivity index (χ0v) is 69.9. The molecule has 6 fully saturated rings. The summed E-state index contributed by atoms with van der Waals surface area (Å²) < 4.78 is 54.3. The van der Waals surface area contributed by atoms with E-state index in [1.807, 2.05) is 32.2 Å². The largest absolute Gasteiger partial charge is 0.478 e. The fourth-order valence-electron chi connectivity index (χ4n) is 23.1. The number of likely N-dealkylation sites (tertiary alicyclic amines) is 3. The molecule has 6 N–H and O–H groups in total. The molecule has 3 saturated carbocycles. The van der Waals surface area contributed by atoms with E-state index in [0.717, 1.165) is 108 Å². The molecule has 0 bridgehead atoms. The lowest BCUT2D eigenvalue weighted by atomic mass is 9.73. The van der Waals surface area contributed by atoms with E-state index >= 15 is 13.2 Å². The first kappa shape index (κ1) is 87.3. The predicted molar refractivity (Wildman–Crippen MR) is 486 cm³/mol. The molecule has 12 atom stereocenters. The molecule has 12 heterocycles. The number of hydrogen-bond donors (Lipinski definition) is 6. The lowest BCUT2D eigenvalue weighted by Gasteiger charge is -2.39. The van der Waals surface area contributed by atoms with Gasteiger partial charge in [-0.3, -0.25) is 43.1 Å². The fourth-order valence-corrected chi connectivity index (χ4v) is 24.2. The van der Waals surface area contributed by atoms with Crippen LogP contribution < -0.4 is 16.0 Å². The highest BCUT2D eigenvalue weighted by molar-refractivity contribution is 6.33. The molecular weight excluding hydrogens is 1750 g/mol. The minimum Gasteiger partial charge on any atom is -0.478 e. The number of aromatic nitrogens is 6. The van der Waals surface area contributed by atoms with Crippen LogP contribution >= 0.6 is 69.6 Å². The minimum absolute atomic E-state index is 0. The van der Waals surface area contributed by atoms with Crippen LogP contribution in [0.1, 0.15) is 205 Å². The van der Waals surface area contributed by atoms with Crippen molar-refractivity contribution in [1.29, 1.82) is 0 Å². The van der Waals surface area contributed by atoms with Gasteiger partial charge in [0.05, 0.1) is 66.4 Å². The Kier molecular flexibility index (Phi) is 22.1. The summed E-state index contributed by atoms with van der Waals surface area (Å²) in [6.45, 7) is 2.11. The molecule has 127 heavy (non-hydrogen) atoms. The number of amides is 3. The van der Waals surface area contributed by atoms with E-state index in [-0.39, 0.29) is 97.3 Å². The molecule has 3 spiro atoms. The highest BCUT2D eigenvalue weighted by atomic mass is 35.5. The van der Waals surface area contributed by atoms with Gasteiger partial charge in [0.25, 0.3) is 0 Å². The summed E-state index contributed by atoms with van der Waals surface area (Å²) in [6.07, 6.45) is 10.8. The van der Waals surface area contributed by atoms with Gasteiger partial charge in [-0.2, -0.15) is 15.3 Å². The summed E-state index contributed by atoms with van der Waals surface area (Å²) in [6, 6.07) is 44.6. The van der Waals surface area contributed by atoms with Crippen molar-refractivity contribution in [2.45, 2.75) is 177 Å². The Labute approximate surface area is 760 Å². The van der Waals surface area contributed by atoms with Crippen molar-refractivity contribution in [3.63, 3.8) is 0 Å². The zero-order chi connectivity index (χ0) is 84.6. The Morgan fingerprint density at radius 2 is 0.638 bits per heavy atom. The highest BCUT2D eigenvalue weighted by Gasteiger charge is 2.73. The SMILES string of the molecule is C.C.C.C.O=C(O)c1ccc2c3n(nc2c1)[C@@H]1[C@H](CC3)N(CC2CC2)[C@@]2(C(=O)Nc3cc(Cl)ccc32)[C@H]1c1cccc(Cl)c1F.O=C(O)c1ccc2c3n(nc2c1)[C@@H]1[C@H](CC3)N(CC2CC2)[C@@]2(C(=O)Nc3cc(Cl)ccc32)[C@H]1c1cccc(Cl)c1F.O=C(O)c1ccc2c3n(nc2c1)[C@H]1[C@@H](CC3)N(CC2CC2)[C@]2(C(=O)Nc3cc(Cl)ccc32)[C@@H]1c1cccc(Cl)c1F. The third-order valence-corrected chi connectivity index (χ3v) is 30.1. The lowest BCUT2D eigenvalue weighted by molar-refractivity contribution is -0.128. The first-order valence-corrected chi connectivity index (χ1v) is 43.8. The van der Waals surface area contributed by atoms with Crippen LogP contribution in [0, 0.1) is 35.2 Å². The monoisotopic (exact) mass is 1830 g/mol. The van der Waals surface area contributed by atoms with Gasteiger partial charge in [-0.15, -0.1) is 0 Å². The molecule has 0 radical (unpaired) electrons. The molecule has 24 rings (SSSR count). The summed E-state index contributed by atoms with van der Waals surface area (Å²) in [7, 11) is 0. The van der Waals surface area contributed by atoms with Gasteiger partial charge in [-0.05, 0) is 202 Å². The molecule has 12 aliphatic rings. The maximum Gasteiger partial charge on any atom is 0.335 e. The third kappa shape index (κ3) is 13.1. The standard InChI is InChI=1S/3C31H25Cl2FN4O3.4CH4/c3*32-17-7-9-20-23(13-17)35-30(41)31(20)26(19-2-1-3-21(33)27(19)34)28-25(37(31)14-15-4-5-15)11-10-24-18-8-6-16(29(39)40)12-22(18)36-38(24)28;;;;/h3*1-3,6-9,12-13,15,25-26,28H,4-5,10-11,14H2,(H,35,41)(H,39,40);4*1H4/t3*25-,26-,28+,31+;;;;/m100..../s1. The molecule has 30 heteroatoms. The number of aryl methyl sites for hydroxylation is 3. The van der Waals surface area contributed by atoms with Crippen molar-refractivity contribution < 1.29 is 57.3 Å². The first-order chi connectivity index (χ1) is 59.4. The maximum atomic E-state index is 16.1. The number of benzene rings is 9. The number of anilines is 3. The number of nitrogens with one attached hydrogen (secondary N) is 3. The number of carbonyl (C=O) groups excluding carboxylic acids is 3. The van der Waals surface area contributed by atoms with Gasteiger partial charge in [0.2, 0.25) is 17.7 Å². The fraction of sp³-hybridized carbons (Fsp3) is 0.351. The first-order valence-electron chi connectivity index (χ1n) is 41.6. The Bertz CT molecular complexity index is 6030. The van der Waals surface area contributed by atoms with Crippen LogP contribution in [0.3, 0.4) is 0 Å². The number of hydrogen-bond acceptors (Lipinski definition) is 12. The normalized spacial score (nSPS) is 25.9. The van der Waals surface area contributed by atoms with Crippen LogP contribution in [0.25, 0.3) is 32.7 Å². The summed E-state index contributed by atoms with van der Waals surface area (Å²) in [5, 5.41) is 57.1. The van der Waals surface area contributed by atoms with Crippen molar-refractivity contribution in [2.24, 2.45) is 17.8 Å². The van der Waals surface area contributed by atoms with E-state index in [0.29, 0.717) is 122 Å². The molecule has 0 unspecified atom stereocenters. The summed E-state index contributed by atoms with van der Waals surface area (Å²) >= 11 is 38.2. The van der Waals surface area contributed by atoms with E-state index in [1.54, 1.807) is 127 Å². The molecule has 9 aromatic carbocycles. The second-order valence-electron chi connectivity index (χ2n) is 35.0. The molecule has 656 valence electrons. The Hall–Kier alpha value is -10.4. The van der Waals surface area contributed by atoms with Crippen molar-refractivity contribution in [3.8, 4) is 0 Å². The van der Waals surface area contributed by atoms with Gasteiger partial charge in [-0.1, -0.05) is 172 Å². The summed E-state index contributed by atoms with van der Waals surface area (Å²) in [5.41, 5.74) is 6.74. The molecule has 3 saturated heterocycles. The van der Waals surface area contributed by atoms with E-state index in [9.17, 15) is 44.1 Å². The van der Waals surface area contributed by atoms with E-state index < -0.39 is 87.9 Å². The van der Waals surface area contributed by atoms with Crippen molar-refractivity contribution in [2.75, 3.05) is 35.6 Å². The minimum atomic E-state index is -1.21. The summed E-state index contributed by atoms with van der Waals surface area (Å²) in [5.74, 6) is -5.97. The molecule has 21 nitrogen and oxygen atoms in total. The second kappa shape index (κ2) is 32.1. The Morgan fingerprint density at radius 3 is 0.890 bits per heavy atom. The van der Waals surface area contributed by atoms with Crippen LogP contribution in [0.2, 0.25) is 30.1 Å². The van der Waals surface area contributed by atoms with Crippen molar-refractivity contribution >= 4 is 155 Å². The molecule has 12 aromatic rings. The number of halogens is 9. The Balaban J connectivity index is 0.000000127. The summed E-state index contributed by atoms with van der Waals surface area (Å²) in [4.78, 5) is 85.5. The number of nitrogens with zero attached hydrogens (tertiary/aromatic N) is 9. The number of aromatic carboxylic acids is 3. The van der Waals surface area contributed by atoms with E-state index in [2.05, 4.69) is 30.7 Å². The van der Waals surface area contributed by atoms with Crippen molar-refractivity contribution in [3.05, 3.63) is 279 Å². The van der Waals surface area contributed by atoms with Gasteiger partial charge in [0.1, 0.15) is 34.1 Å². The van der Waals surface area contributed by atoms with Gasteiger partial charge >= 0.3 is 17.9 Å². The molecule has 3 aliphatic carbocycles. The smallest absolute Gasteiger partial charge is 0.335 e. The van der Waals surface area contributed by atoms with Crippen LogP contribution in [0.15, 0.2) is 164 Å². The van der Waals surface area contributed by atoms with Crippen LogP contribution in [0.5, 0.6) is 0 Å². The van der Waals surface area contributed by atoms with Crippen LogP contribution in [-0.2, 0) is 50.3 Å². The number of carboxylic acid groups (broad SMARTS) is 3. The van der Waals surface area contributed by atoms with Crippen molar-refractivity contribution in [1.82, 2.24) is 44.0 Å². The van der Waals surface area contributed by atoms with E-state index in [1.165, 1.54) is 18.2 Å². The van der Waals surface area contributed by atoms with Gasteiger partial charge in [-0.25, -0.2) is 27.6 Å². The average Bonchev–Trinajstić information content (AvgIpc) is 1.52. The lowest BCUT2D eigenvalue weighted by Crippen LogP contribution is -2.52. The van der Waals surface area contributed by atoms with Gasteiger partial charge in [0.15, 0.2) is 0 Å². The average molecular weight is 1840 g/mol. The highest BCUT2D eigenvalue weighted by Crippen LogP contribution is 2.68. The molecule has 3 aromatic heterocycles. The van der Waals surface area contributed by atoms with Crippen LogP contribution in [-0.4, -0.2) is 133 Å². The molecule has 9 aliphatic heterocycles. The number of carbonyl (C=O) groups is 6. The van der Waals surface area contributed by atoms with Gasteiger partial charge in [0, 0.05) is 138 Å². The third-order valence-electron chi connectivity index (χ3n) is 28.5. The number of carboxylic acids is 3. The zero-order valence-electron chi connectivity index (χ0n) is 65.3. The molecule has 3 amide bonds. The van der Waals surface area contributed by atoms with Crippen LogP contribution in [0.4, 0.5) is 30.2 Å². The Morgan fingerprint density at radius 1 is 0.370 bits per heavy atom. The number of fused-ring (bicyclic) bond motifs is 21. The van der Waals surface area contributed by atoms with Gasteiger partial charge < -0.3 is 31.3 Å².